The van der Waals surface area contributed by atoms with Crippen molar-refractivity contribution in [2.45, 2.75) is 25.9 Å². The van der Waals surface area contributed by atoms with Gasteiger partial charge in [0.15, 0.2) is 0 Å². The van der Waals surface area contributed by atoms with Crippen LogP contribution >= 0.6 is 0 Å². The van der Waals surface area contributed by atoms with Gasteiger partial charge in [-0.25, -0.2) is 0 Å². The van der Waals surface area contributed by atoms with Crippen molar-refractivity contribution in [3.8, 4) is 0 Å². The van der Waals surface area contributed by atoms with Crippen LogP contribution in [0.1, 0.15) is 18.9 Å². The normalized spacial score (nSPS) is 19.8. The number of nitrogens with two attached hydrogens (primary N) is 1. The van der Waals surface area contributed by atoms with Crippen molar-refractivity contribution in [1.29, 1.82) is 0 Å². The maximum Gasteiger partial charge on any atom is 0.239 e. The molecule has 0 radical (unpaired) electrons. The smallest absolute Gasteiger partial charge is 0.239 e. The number of carbonyl (C=O) groups excluding carboxylic acids is 1. The van der Waals surface area contributed by atoms with E-state index in [1.165, 1.54) is 5.56 Å². The zero-order valence-electron chi connectivity index (χ0n) is 11.1. The molecule has 1 amide bonds. The van der Waals surface area contributed by atoms with Crippen LogP contribution in [0, 0.1) is 0 Å². The van der Waals surface area contributed by atoms with E-state index in [4.69, 9.17) is 5.73 Å². The molecule has 2 rings (SSSR count). The third-order valence-corrected chi connectivity index (χ3v) is 3.58. The molecule has 1 unspecified atom stereocenters. The van der Waals surface area contributed by atoms with E-state index < -0.39 is 0 Å². The summed E-state index contributed by atoms with van der Waals surface area (Å²) < 4.78 is 0. The molecule has 1 aliphatic heterocycles. The monoisotopic (exact) mass is 247 g/mol. The average molecular weight is 247 g/mol. The fraction of sp³-hybridized carbons (Fsp3) is 0.500. The van der Waals surface area contributed by atoms with E-state index in [0.717, 1.165) is 31.7 Å². The van der Waals surface area contributed by atoms with E-state index in [-0.39, 0.29) is 11.9 Å². The van der Waals surface area contributed by atoms with E-state index in [1.807, 2.05) is 30.1 Å². The number of amides is 1. The fourth-order valence-corrected chi connectivity index (χ4v) is 2.51. The quantitative estimate of drug-likeness (QED) is 0.816. The molecule has 2 N–H and O–H groups in total. The van der Waals surface area contributed by atoms with E-state index in [0.29, 0.717) is 0 Å². The molecule has 1 saturated heterocycles. The molecule has 4 nitrogen and oxygen atoms in total. The van der Waals surface area contributed by atoms with Gasteiger partial charge < -0.3 is 10.6 Å². The van der Waals surface area contributed by atoms with Crippen molar-refractivity contribution in [3.63, 3.8) is 0 Å². The second-order valence-electron chi connectivity index (χ2n) is 4.87. The molecule has 18 heavy (non-hydrogen) atoms. The third kappa shape index (κ3) is 2.64. The summed E-state index contributed by atoms with van der Waals surface area (Å²) in [5.41, 5.74) is 7.73. The Morgan fingerprint density at radius 3 is 2.83 bits per heavy atom. The predicted molar refractivity (Wildman–Crippen MR) is 73.0 cm³/mol. The van der Waals surface area contributed by atoms with E-state index in [9.17, 15) is 4.79 Å². The molecule has 0 saturated carbocycles. The average Bonchev–Trinajstić information content (AvgIpc) is 2.67. The van der Waals surface area contributed by atoms with Crippen LogP contribution < -0.4 is 5.73 Å². The minimum Gasteiger partial charge on any atom is -0.399 e. The van der Waals surface area contributed by atoms with Crippen LogP contribution in [0.15, 0.2) is 24.3 Å². The summed E-state index contributed by atoms with van der Waals surface area (Å²) in [5, 5.41) is 0. The topological polar surface area (TPSA) is 49.6 Å². The highest BCUT2D eigenvalue weighted by Crippen LogP contribution is 2.19. The van der Waals surface area contributed by atoms with Crippen LogP contribution in [-0.2, 0) is 11.3 Å². The lowest BCUT2D eigenvalue weighted by molar-refractivity contribution is -0.131. The summed E-state index contributed by atoms with van der Waals surface area (Å²) in [6, 6.07) is 7.91. The molecule has 0 aromatic heterocycles. The van der Waals surface area contributed by atoms with E-state index in [1.54, 1.807) is 0 Å². The summed E-state index contributed by atoms with van der Waals surface area (Å²) >= 11 is 0. The Hall–Kier alpha value is -1.55. The first kappa shape index (κ1) is 12.9. The second-order valence-corrected chi connectivity index (χ2v) is 4.87. The molecule has 0 aliphatic carbocycles. The summed E-state index contributed by atoms with van der Waals surface area (Å²) in [4.78, 5) is 16.1. The first-order valence-corrected chi connectivity index (χ1v) is 6.45. The lowest BCUT2D eigenvalue weighted by Gasteiger charge is -2.26. The molecule has 1 heterocycles. The van der Waals surface area contributed by atoms with E-state index in [2.05, 4.69) is 17.9 Å². The van der Waals surface area contributed by atoms with Gasteiger partial charge >= 0.3 is 0 Å². The number of nitrogen functional groups attached to an aromatic ring is 1. The predicted octanol–water partition coefficient (Wildman–Crippen LogP) is 1.32. The summed E-state index contributed by atoms with van der Waals surface area (Å²) in [5.74, 6) is 0.237. The maximum atomic E-state index is 12.0. The Bertz CT molecular complexity index is 433. The van der Waals surface area contributed by atoms with Gasteiger partial charge in [-0.2, -0.15) is 0 Å². The van der Waals surface area contributed by atoms with Crippen molar-refractivity contribution >= 4 is 11.6 Å². The van der Waals surface area contributed by atoms with Crippen molar-refractivity contribution in [2.75, 3.05) is 25.9 Å². The van der Waals surface area contributed by atoms with Crippen LogP contribution in [0.25, 0.3) is 0 Å². The Kier molecular flexibility index (Phi) is 3.87. The van der Waals surface area contributed by atoms with Gasteiger partial charge in [-0.15, -0.1) is 0 Å². The molecule has 0 bridgehead atoms. The molecular formula is C14H21N3O. The number of hydrogen-bond donors (Lipinski definition) is 1. The van der Waals surface area contributed by atoms with Crippen molar-refractivity contribution in [3.05, 3.63) is 29.8 Å². The zero-order valence-corrected chi connectivity index (χ0v) is 11.1. The number of likely N-dealkylation sites (tertiary alicyclic amines) is 1. The highest BCUT2D eigenvalue weighted by Gasteiger charge is 2.33. The fourth-order valence-electron chi connectivity index (χ4n) is 2.51. The lowest BCUT2D eigenvalue weighted by atomic mass is 10.1. The minimum absolute atomic E-state index is 0.0291. The number of carbonyl (C=O) groups is 1. The molecule has 1 aromatic carbocycles. The van der Waals surface area contributed by atoms with Gasteiger partial charge in [0.25, 0.3) is 0 Å². The van der Waals surface area contributed by atoms with Crippen LogP contribution in [-0.4, -0.2) is 41.9 Å². The zero-order chi connectivity index (χ0) is 13.1. The highest BCUT2D eigenvalue weighted by molar-refractivity contribution is 5.83. The van der Waals surface area contributed by atoms with Gasteiger partial charge in [0.2, 0.25) is 5.91 Å². The Labute approximate surface area is 108 Å². The van der Waals surface area contributed by atoms with Gasteiger partial charge in [0.05, 0.1) is 6.04 Å². The molecule has 1 aromatic rings. The number of likely N-dealkylation sites (N-methyl/N-ethyl adjacent to an activating group) is 2. The molecular weight excluding hydrogens is 226 g/mol. The lowest BCUT2D eigenvalue weighted by Crippen LogP contribution is -2.40. The Balaban J connectivity index is 2.08. The van der Waals surface area contributed by atoms with Gasteiger partial charge in [0, 0.05) is 25.8 Å². The summed E-state index contributed by atoms with van der Waals surface area (Å²) in [6.45, 7) is 4.61. The molecule has 98 valence electrons. The molecule has 0 spiro atoms. The number of hydrogen-bond acceptors (Lipinski definition) is 3. The standard InChI is InChI=1S/C14H21N3O/c1-3-17(13-7-8-16(2)14(13)18)10-11-5-4-6-12(15)9-11/h4-6,9,13H,3,7-8,10,15H2,1-2H3. The third-order valence-electron chi connectivity index (χ3n) is 3.58. The summed E-state index contributed by atoms with van der Waals surface area (Å²) in [6.07, 6.45) is 0.922. The van der Waals surface area contributed by atoms with Gasteiger partial charge in [-0.1, -0.05) is 19.1 Å². The van der Waals surface area contributed by atoms with Crippen molar-refractivity contribution in [1.82, 2.24) is 9.80 Å². The maximum absolute atomic E-state index is 12.0. The van der Waals surface area contributed by atoms with Crippen LogP contribution in [0.3, 0.4) is 0 Å². The van der Waals surface area contributed by atoms with Gasteiger partial charge in [0.1, 0.15) is 0 Å². The molecule has 1 fully saturated rings. The van der Waals surface area contributed by atoms with Crippen LogP contribution in [0.2, 0.25) is 0 Å². The summed E-state index contributed by atoms with van der Waals surface area (Å²) in [7, 11) is 1.87. The van der Waals surface area contributed by atoms with Gasteiger partial charge in [-0.3, -0.25) is 9.69 Å². The van der Waals surface area contributed by atoms with Gasteiger partial charge in [-0.05, 0) is 30.7 Å². The first-order chi connectivity index (χ1) is 8.61. The molecule has 1 aliphatic rings. The SMILES string of the molecule is CCN(Cc1cccc(N)c1)C1CCN(C)C1=O. The van der Waals surface area contributed by atoms with E-state index >= 15 is 0 Å². The number of benzene rings is 1. The second kappa shape index (κ2) is 5.40. The Morgan fingerprint density at radius 1 is 1.50 bits per heavy atom. The molecule has 4 heteroatoms. The Morgan fingerprint density at radius 2 is 2.28 bits per heavy atom. The van der Waals surface area contributed by atoms with Crippen molar-refractivity contribution in [2.24, 2.45) is 0 Å². The molecule has 1 atom stereocenters. The number of anilines is 1. The van der Waals surface area contributed by atoms with Crippen molar-refractivity contribution < 1.29 is 4.79 Å². The highest BCUT2D eigenvalue weighted by atomic mass is 16.2. The van der Waals surface area contributed by atoms with Crippen LogP contribution in [0.4, 0.5) is 5.69 Å². The largest absolute Gasteiger partial charge is 0.399 e. The van der Waals surface area contributed by atoms with Crippen LogP contribution in [0.5, 0.6) is 0 Å². The number of rotatable bonds is 4. The number of nitrogens with zero attached hydrogens (tertiary/aromatic N) is 2. The minimum atomic E-state index is 0.0291. The first-order valence-electron chi connectivity index (χ1n) is 6.45.